The zero-order chi connectivity index (χ0) is 29.2. The number of hydrogen-bond donors (Lipinski definition) is 3. The predicted octanol–water partition coefficient (Wildman–Crippen LogP) is 4.17. The zero-order valence-electron chi connectivity index (χ0n) is 23.1. The Balaban J connectivity index is 1.60. The van der Waals surface area contributed by atoms with Crippen LogP contribution in [0, 0.1) is 0 Å². The first-order valence-corrected chi connectivity index (χ1v) is 14.7. The molecule has 1 saturated heterocycles. The van der Waals surface area contributed by atoms with E-state index in [9.17, 15) is 13.2 Å². The topological polar surface area (TPSA) is 143 Å². The van der Waals surface area contributed by atoms with Gasteiger partial charge in [-0.25, -0.2) is 8.42 Å². The Morgan fingerprint density at radius 1 is 1.15 bits per heavy atom. The third-order valence-electron chi connectivity index (χ3n) is 6.82. The number of para-hydroxylation sites is 1. The molecule has 0 radical (unpaired) electrons. The van der Waals surface area contributed by atoms with Crippen LogP contribution in [0.1, 0.15) is 30.6 Å². The number of sulfone groups is 1. The van der Waals surface area contributed by atoms with E-state index in [2.05, 4.69) is 25.5 Å². The zero-order valence-corrected chi connectivity index (χ0v) is 24.7. The van der Waals surface area contributed by atoms with E-state index in [4.69, 9.17) is 22.1 Å². The lowest BCUT2D eigenvalue weighted by atomic mass is 10.1. The Labute approximate surface area is 239 Å². The van der Waals surface area contributed by atoms with E-state index in [1.165, 1.54) is 13.2 Å². The molecule has 1 fully saturated rings. The molecule has 1 unspecified atom stereocenters. The molecule has 2 aromatic carbocycles. The van der Waals surface area contributed by atoms with Crippen molar-refractivity contribution in [3.63, 3.8) is 0 Å². The molecule has 1 aromatic heterocycles. The number of amides is 1. The summed E-state index contributed by atoms with van der Waals surface area (Å²) in [6.45, 7) is 4.59. The van der Waals surface area contributed by atoms with Gasteiger partial charge in [0.1, 0.15) is 16.6 Å². The number of nitrogens with one attached hydrogen (secondary N) is 2. The van der Waals surface area contributed by atoms with Crippen molar-refractivity contribution >= 4 is 56.3 Å². The highest BCUT2D eigenvalue weighted by atomic mass is 35.5. The second-order valence-corrected chi connectivity index (χ2v) is 12.9. The van der Waals surface area contributed by atoms with Gasteiger partial charge in [0.05, 0.1) is 28.6 Å². The summed E-state index contributed by atoms with van der Waals surface area (Å²) in [4.78, 5) is 25.9. The second-order valence-electron chi connectivity index (χ2n) is 10.0. The number of hydrogen-bond acceptors (Lipinski definition) is 10. The Kier molecular flexibility index (Phi) is 8.71. The SMILES string of the molecule is COc1cc(C(=O)N2CCC(N(C)C)C2)ccc1Nc1nc(N)c(Cl)c(Nc2ccccc2S(=O)(=O)C(C)C)n1. The van der Waals surface area contributed by atoms with Crippen molar-refractivity contribution in [3.05, 3.63) is 53.1 Å². The molecule has 0 aliphatic carbocycles. The number of anilines is 5. The maximum atomic E-state index is 13.1. The van der Waals surface area contributed by atoms with Gasteiger partial charge in [0.25, 0.3) is 5.91 Å². The molecule has 40 heavy (non-hydrogen) atoms. The number of nitrogens with zero attached hydrogens (tertiary/aromatic N) is 4. The molecule has 3 aromatic rings. The number of likely N-dealkylation sites (tertiary alicyclic amines) is 1. The van der Waals surface area contributed by atoms with E-state index >= 15 is 0 Å². The van der Waals surface area contributed by atoms with Gasteiger partial charge in [0, 0.05) is 24.7 Å². The smallest absolute Gasteiger partial charge is 0.254 e. The summed E-state index contributed by atoms with van der Waals surface area (Å²) >= 11 is 6.39. The van der Waals surface area contributed by atoms with Crippen LogP contribution in [0.2, 0.25) is 5.02 Å². The van der Waals surface area contributed by atoms with Crippen LogP contribution >= 0.6 is 11.6 Å². The normalized spacial score (nSPS) is 15.5. The Morgan fingerprint density at radius 2 is 1.88 bits per heavy atom. The molecule has 2 heterocycles. The fraction of sp³-hybridized carbons (Fsp3) is 0.370. The molecule has 4 rings (SSSR count). The summed E-state index contributed by atoms with van der Waals surface area (Å²) in [6, 6.07) is 11.9. The average Bonchev–Trinajstić information content (AvgIpc) is 3.42. The summed E-state index contributed by atoms with van der Waals surface area (Å²) in [5.41, 5.74) is 7.38. The van der Waals surface area contributed by atoms with Crippen molar-refractivity contribution < 1.29 is 17.9 Å². The first-order chi connectivity index (χ1) is 18.9. The maximum Gasteiger partial charge on any atom is 0.254 e. The second kappa shape index (κ2) is 11.9. The number of aromatic nitrogens is 2. The quantitative estimate of drug-likeness (QED) is 0.334. The molecule has 13 heteroatoms. The van der Waals surface area contributed by atoms with Crippen LogP contribution in [-0.2, 0) is 9.84 Å². The average molecular weight is 588 g/mol. The minimum Gasteiger partial charge on any atom is -0.495 e. The predicted molar refractivity (Wildman–Crippen MR) is 158 cm³/mol. The number of methoxy groups -OCH3 is 1. The highest BCUT2D eigenvalue weighted by Crippen LogP contribution is 2.34. The van der Waals surface area contributed by atoms with Gasteiger partial charge in [-0.05, 0) is 64.7 Å². The molecule has 4 N–H and O–H groups in total. The Hall–Kier alpha value is -3.61. The van der Waals surface area contributed by atoms with Gasteiger partial charge >= 0.3 is 0 Å². The van der Waals surface area contributed by atoms with E-state index < -0.39 is 15.1 Å². The number of carbonyl (C=O) groups is 1. The molecule has 0 saturated carbocycles. The molecule has 1 atom stereocenters. The van der Waals surface area contributed by atoms with Crippen molar-refractivity contribution in [2.24, 2.45) is 0 Å². The van der Waals surface area contributed by atoms with E-state index in [1.54, 1.807) is 50.2 Å². The van der Waals surface area contributed by atoms with Crippen molar-refractivity contribution in [2.75, 3.05) is 50.7 Å². The third kappa shape index (κ3) is 6.08. The van der Waals surface area contributed by atoms with E-state index in [0.717, 1.165) is 6.42 Å². The van der Waals surface area contributed by atoms with Crippen LogP contribution in [0.25, 0.3) is 0 Å². The summed E-state index contributed by atoms with van der Waals surface area (Å²) in [5, 5.41) is 5.47. The number of carbonyl (C=O) groups excluding carboxylic acids is 1. The van der Waals surface area contributed by atoms with Gasteiger partial charge in [-0.15, -0.1) is 0 Å². The molecule has 0 bridgehead atoms. The lowest BCUT2D eigenvalue weighted by molar-refractivity contribution is 0.0782. The maximum absolute atomic E-state index is 13.1. The molecular weight excluding hydrogens is 554 g/mol. The van der Waals surface area contributed by atoms with E-state index in [-0.39, 0.29) is 33.4 Å². The third-order valence-corrected chi connectivity index (χ3v) is 9.40. The van der Waals surface area contributed by atoms with Gasteiger partial charge < -0.3 is 30.9 Å². The summed E-state index contributed by atoms with van der Waals surface area (Å²) in [6.07, 6.45) is 0.926. The van der Waals surface area contributed by atoms with Gasteiger partial charge in [-0.2, -0.15) is 9.97 Å². The molecular formula is C27H34ClN7O4S. The number of halogens is 1. The van der Waals surface area contributed by atoms with Gasteiger partial charge in [0.2, 0.25) is 5.95 Å². The summed E-state index contributed by atoms with van der Waals surface area (Å²) in [5.74, 6) is 0.552. The molecule has 1 aliphatic heterocycles. The van der Waals surface area contributed by atoms with Crippen LogP contribution in [-0.4, -0.2) is 79.7 Å². The summed E-state index contributed by atoms with van der Waals surface area (Å²) < 4.78 is 31.3. The molecule has 214 valence electrons. The number of ether oxygens (including phenoxy) is 1. The fourth-order valence-electron chi connectivity index (χ4n) is 4.38. The van der Waals surface area contributed by atoms with Crippen molar-refractivity contribution in [3.8, 4) is 5.75 Å². The van der Waals surface area contributed by atoms with Crippen LogP contribution in [0.15, 0.2) is 47.4 Å². The molecule has 0 spiro atoms. The van der Waals surface area contributed by atoms with Crippen molar-refractivity contribution in [2.45, 2.75) is 36.5 Å². The lowest BCUT2D eigenvalue weighted by Crippen LogP contribution is -2.34. The highest BCUT2D eigenvalue weighted by molar-refractivity contribution is 7.92. The fourth-order valence-corrected chi connectivity index (χ4v) is 5.71. The number of likely N-dealkylation sites (N-methyl/N-ethyl adjacent to an activating group) is 1. The van der Waals surface area contributed by atoms with E-state index in [1.807, 2.05) is 19.0 Å². The van der Waals surface area contributed by atoms with Crippen LogP contribution in [0.4, 0.5) is 29.0 Å². The minimum absolute atomic E-state index is 0.0129. The monoisotopic (exact) mass is 587 g/mol. The minimum atomic E-state index is -3.59. The number of nitrogen functional groups attached to an aromatic ring is 1. The van der Waals surface area contributed by atoms with Crippen LogP contribution < -0.4 is 21.1 Å². The van der Waals surface area contributed by atoms with Crippen molar-refractivity contribution in [1.82, 2.24) is 19.8 Å². The van der Waals surface area contributed by atoms with Gasteiger partial charge in [-0.3, -0.25) is 4.79 Å². The van der Waals surface area contributed by atoms with Crippen LogP contribution in [0.3, 0.4) is 0 Å². The number of benzene rings is 2. The summed E-state index contributed by atoms with van der Waals surface area (Å²) in [7, 11) is 1.94. The Bertz CT molecular complexity index is 1510. The number of nitrogens with two attached hydrogens (primary N) is 1. The largest absolute Gasteiger partial charge is 0.495 e. The first kappa shape index (κ1) is 29.4. The van der Waals surface area contributed by atoms with Crippen molar-refractivity contribution in [1.29, 1.82) is 0 Å². The lowest BCUT2D eigenvalue weighted by Gasteiger charge is -2.21. The van der Waals surface area contributed by atoms with Gasteiger partial charge in [-0.1, -0.05) is 23.7 Å². The van der Waals surface area contributed by atoms with Gasteiger partial charge in [0.15, 0.2) is 15.7 Å². The first-order valence-electron chi connectivity index (χ1n) is 12.8. The molecule has 11 nitrogen and oxygen atoms in total. The molecule has 1 amide bonds. The Morgan fingerprint density at radius 3 is 2.52 bits per heavy atom. The van der Waals surface area contributed by atoms with Crippen LogP contribution in [0.5, 0.6) is 5.75 Å². The highest BCUT2D eigenvalue weighted by Gasteiger charge is 2.29. The number of rotatable bonds is 9. The van der Waals surface area contributed by atoms with E-state index in [0.29, 0.717) is 41.8 Å². The molecule has 1 aliphatic rings. The standard InChI is InChI=1S/C27H34ClN7O4S/c1-16(2)40(37,38)22-9-7-6-8-20(22)30-25-23(28)24(29)32-27(33-25)31-19-11-10-17(14-21(19)39-5)26(36)35-13-12-18(15-35)34(3)4/h6-11,14,16,18H,12-13,15H2,1-5H3,(H4,29,30,31,32,33).